The number of ether oxygens (including phenoxy) is 2. The third-order valence-corrected chi connectivity index (χ3v) is 4.21. The van der Waals surface area contributed by atoms with Gasteiger partial charge >= 0.3 is 0 Å². The predicted molar refractivity (Wildman–Crippen MR) is 81.8 cm³/mol. The second-order valence-electron chi connectivity index (χ2n) is 5.53. The lowest BCUT2D eigenvalue weighted by Crippen LogP contribution is -2.47. The predicted octanol–water partition coefficient (Wildman–Crippen LogP) is 1.90. The van der Waals surface area contributed by atoms with E-state index in [4.69, 9.17) is 15.2 Å². The SMILES string of the molecule is COc1cccc(C(=O)N2CC(CN)CCC2C)c1OC. The van der Waals surface area contributed by atoms with Crippen LogP contribution in [0.1, 0.15) is 30.1 Å². The molecule has 2 N–H and O–H groups in total. The average Bonchev–Trinajstić information content (AvgIpc) is 2.53. The maximum Gasteiger partial charge on any atom is 0.258 e. The summed E-state index contributed by atoms with van der Waals surface area (Å²) in [5.74, 6) is 1.42. The molecule has 0 bridgehead atoms. The number of nitrogens with zero attached hydrogens (tertiary/aromatic N) is 1. The molecule has 0 spiro atoms. The summed E-state index contributed by atoms with van der Waals surface area (Å²) < 4.78 is 10.6. The number of hydrogen-bond donors (Lipinski definition) is 1. The van der Waals surface area contributed by atoms with Crippen molar-refractivity contribution in [3.63, 3.8) is 0 Å². The van der Waals surface area contributed by atoms with Gasteiger partial charge in [0.1, 0.15) is 0 Å². The number of hydrogen-bond acceptors (Lipinski definition) is 4. The third-order valence-electron chi connectivity index (χ3n) is 4.21. The molecule has 1 aromatic carbocycles. The lowest BCUT2D eigenvalue weighted by atomic mass is 9.93. The molecule has 1 fully saturated rings. The van der Waals surface area contributed by atoms with Crippen molar-refractivity contribution >= 4 is 5.91 Å². The largest absolute Gasteiger partial charge is 0.493 e. The van der Waals surface area contributed by atoms with E-state index in [1.165, 1.54) is 0 Å². The normalized spacial score (nSPS) is 22.0. The summed E-state index contributed by atoms with van der Waals surface area (Å²) in [5.41, 5.74) is 6.31. The molecule has 1 aliphatic heterocycles. The Morgan fingerprint density at radius 3 is 2.71 bits per heavy atom. The molecule has 1 saturated heterocycles. The van der Waals surface area contributed by atoms with Gasteiger partial charge in [-0.3, -0.25) is 4.79 Å². The standard InChI is InChI=1S/C16H24N2O3/c1-11-7-8-12(9-17)10-18(11)16(19)13-5-4-6-14(20-2)15(13)21-3/h4-6,11-12H,7-10,17H2,1-3H3. The number of rotatable bonds is 4. The van der Waals surface area contributed by atoms with Crippen molar-refractivity contribution in [3.05, 3.63) is 23.8 Å². The van der Waals surface area contributed by atoms with Gasteiger partial charge < -0.3 is 20.1 Å². The second-order valence-corrected chi connectivity index (χ2v) is 5.53. The molecular formula is C16H24N2O3. The number of para-hydroxylation sites is 1. The first-order valence-corrected chi connectivity index (χ1v) is 7.34. The van der Waals surface area contributed by atoms with Crippen LogP contribution in [0.3, 0.4) is 0 Å². The van der Waals surface area contributed by atoms with E-state index in [1.807, 2.05) is 11.0 Å². The van der Waals surface area contributed by atoms with E-state index >= 15 is 0 Å². The van der Waals surface area contributed by atoms with Gasteiger partial charge in [-0.2, -0.15) is 0 Å². The third kappa shape index (κ3) is 3.13. The number of carbonyl (C=O) groups is 1. The van der Waals surface area contributed by atoms with Crippen LogP contribution in [-0.4, -0.2) is 44.2 Å². The summed E-state index contributed by atoms with van der Waals surface area (Å²) in [4.78, 5) is 14.8. The monoisotopic (exact) mass is 292 g/mol. The van der Waals surface area contributed by atoms with Crippen LogP contribution >= 0.6 is 0 Å². The average molecular weight is 292 g/mol. The van der Waals surface area contributed by atoms with Gasteiger partial charge in [0.05, 0.1) is 19.8 Å². The first-order valence-electron chi connectivity index (χ1n) is 7.34. The van der Waals surface area contributed by atoms with Crippen molar-refractivity contribution in [2.45, 2.75) is 25.8 Å². The van der Waals surface area contributed by atoms with Crippen molar-refractivity contribution in [1.29, 1.82) is 0 Å². The Morgan fingerprint density at radius 1 is 1.33 bits per heavy atom. The van der Waals surface area contributed by atoms with Crippen LogP contribution < -0.4 is 15.2 Å². The van der Waals surface area contributed by atoms with E-state index in [9.17, 15) is 4.79 Å². The number of nitrogens with two attached hydrogens (primary N) is 1. The van der Waals surface area contributed by atoms with Crippen LogP contribution in [0, 0.1) is 5.92 Å². The highest BCUT2D eigenvalue weighted by Gasteiger charge is 2.30. The lowest BCUT2D eigenvalue weighted by molar-refractivity contribution is 0.0563. The summed E-state index contributed by atoms with van der Waals surface area (Å²) in [6, 6.07) is 5.60. The minimum atomic E-state index is -0.0172. The number of methoxy groups -OCH3 is 2. The number of amides is 1. The molecule has 1 amide bonds. The van der Waals surface area contributed by atoms with Gasteiger partial charge in [-0.15, -0.1) is 0 Å². The number of carbonyl (C=O) groups excluding carboxylic acids is 1. The minimum Gasteiger partial charge on any atom is -0.493 e. The van der Waals surface area contributed by atoms with Gasteiger partial charge in [0.15, 0.2) is 11.5 Å². The van der Waals surface area contributed by atoms with Crippen LogP contribution in [-0.2, 0) is 0 Å². The Bertz CT molecular complexity index is 504. The smallest absolute Gasteiger partial charge is 0.258 e. The van der Waals surface area contributed by atoms with Crippen molar-refractivity contribution in [2.75, 3.05) is 27.3 Å². The molecule has 0 aliphatic carbocycles. The second kappa shape index (κ2) is 6.80. The number of benzene rings is 1. The molecular weight excluding hydrogens is 268 g/mol. The first-order chi connectivity index (χ1) is 10.1. The first kappa shape index (κ1) is 15.6. The van der Waals surface area contributed by atoms with Gasteiger partial charge in [-0.25, -0.2) is 0 Å². The summed E-state index contributed by atoms with van der Waals surface area (Å²) in [7, 11) is 3.12. The summed E-state index contributed by atoms with van der Waals surface area (Å²) in [6.07, 6.45) is 2.07. The maximum absolute atomic E-state index is 12.9. The van der Waals surface area contributed by atoms with E-state index < -0.39 is 0 Å². The van der Waals surface area contributed by atoms with Crippen LogP contribution in [0.25, 0.3) is 0 Å². The van der Waals surface area contributed by atoms with Crippen LogP contribution in [0.4, 0.5) is 0 Å². The summed E-state index contributed by atoms with van der Waals surface area (Å²) in [6.45, 7) is 3.40. The summed E-state index contributed by atoms with van der Waals surface area (Å²) in [5, 5.41) is 0. The molecule has 0 aromatic heterocycles. The molecule has 2 atom stereocenters. The zero-order valence-electron chi connectivity index (χ0n) is 13.0. The van der Waals surface area contributed by atoms with E-state index in [0.29, 0.717) is 36.1 Å². The van der Waals surface area contributed by atoms with E-state index in [1.54, 1.807) is 26.4 Å². The van der Waals surface area contributed by atoms with Crippen LogP contribution in [0.2, 0.25) is 0 Å². The van der Waals surface area contributed by atoms with E-state index in [-0.39, 0.29) is 11.9 Å². The highest BCUT2D eigenvalue weighted by Crippen LogP contribution is 2.33. The quantitative estimate of drug-likeness (QED) is 0.920. The van der Waals surface area contributed by atoms with Gasteiger partial charge in [0.25, 0.3) is 5.91 Å². The summed E-state index contributed by atoms with van der Waals surface area (Å²) >= 11 is 0. The Kier molecular flexibility index (Phi) is 5.07. The Labute approximate surface area is 126 Å². The molecule has 1 aliphatic rings. The van der Waals surface area contributed by atoms with Crippen molar-refractivity contribution in [2.24, 2.45) is 11.7 Å². The number of piperidine rings is 1. The zero-order chi connectivity index (χ0) is 15.4. The Morgan fingerprint density at radius 2 is 2.10 bits per heavy atom. The molecule has 2 rings (SSSR count). The maximum atomic E-state index is 12.9. The minimum absolute atomic E-state index is 0.0172. The topological polar surface area (TPSA) is 64.8 Å². The molecule has 1 aromatic rings. The number of likely N-dealkylation sites (tertiary alicyclic amines) is 1. The fraction of sp³-hybridized carbons (Fsp3) is 0.562. The molecule has 5 heteroatoms. The fourth-order valence-corrected chi connectivity index (χ4v) is 2.87. The zero-order valence-corrected chi connectivity index (χ0v) is 13.0. The molecule has 5 nitrogen and oxygen atoms in total. The van der Waals surface area contributed by atoms with Gasteiger partial charge in [0.2, 0.25) is 0 Å². The highest BCUT2D eigenvalue weighted by molar-refractivity contribution is 5.98. The van der Waals surface area contributed by atoms with Crippen LogP contribution in [0.5, 0.6) is 11.5 Å². The van der Waals surface area contributed by atoms with Crippen molar-refractivity contribution in [1.82, 2.24) is 4.90 Å². The van der Waals surface area contributed by atoms with Crippen LogP contribution in [0.15, 0.2) is 18.2 Å². The highest BCUT2D eigenvalue weighted by atomic mass is 16.5. The van der Waals surface area contributed by atoms with E-state index in [2.05, 4.69) is 6.92 Å². The molecule has 21 heavy (non-hydrogen) atoms. The van der Waals surface area contributed by atoms with Crippen molar-refractivity contribution < 1.29 is 14.3 Å². The van der Waals surface area contributed by atoms with Gasteiger partial charge in [-0.1, -0.05) is 6.07 Å². The Hall–Kier alpha value is -1.75. The molecule has 116 valence electrons. The molecule has 0 radical (unpaired) electrons. The van der Waals surface area contributed by atoms with Crippen molar-refractivity contribution in [3.8, 4) is 11.5 Å². The van der Waals surface area contributed by atoms with Gasteiger partial charge in [-0.05, 0) is 44.4 Å². The lowest BCUT2D eigenvalue weighted by Gasteiger charge is -2.38. The fourth-order valence-electron chi connectivity index (χ4n) is 2.87. The Balaban J connectivity index is 2.30. The molecule has 2 unspecified atom stereocenters. The van der Waals surface area contributed by atoms with Gasteiger partial charge in [0, 0.05) is 12.6 Å². The van der Waals surface area contributed by atoms with E-state index in [0.717, 1.165) is 12.8 Å². The molecule has 1 heterocycles. The molecule has 0 saturated carbocycles.